The van der Waals surface area contributed by atoms with Crippen LogP contribution in [0.1, 0.15) is 57.1 Å². The monoisotopic (exact) mass is 303 g/mol. The number of benzene rings is 1. The van der Waals surface area contributed by atoms with Gasteiger partial charge in [0.25, 0.3) is 0 Å². The highest BCUT2D eigenvalue weighted by atomic mass is 16.5. The van der Waals surface area contributed by atoms with Crippen LogP contribution in [0.2, 0.25) is 0 Å². The molecule has 0 radical (unpaired) electrons. The molecule has 22 heavy (non-hydrogen) atoms. The number of aliphatic imine (C=N–C) groups is 1. The minimum absolute atomic E-state index is 0.380. The predicted octanol–water partition coefficient (Wildman–Crippen LogP) is 4.60. The number of aryl methyl sites for hydroxylation is 1. The molecule has 0 fully saturated rings. The lowest BCUT2D eigenvalue weighted by Gasteiger charge is -2.10. The average molecular weight is 303 g/mol. The van der Waals surface area contributed by atoms with E-state index in [1.165, 1.54) is 0 Å². The van der Waals surface area contributed by atoms with Gasteiger partial charge in [0.1, 0.15) is 11.5 Å². The van der Waals surface area contributed by atoms with Crippen molar-refractivity contribution in [3.8, 4) is 5.75 Å². The SMILES string of the molecule is CN=C(CCCCC(=O)CC(C)C)c1ccc(OC)c(C)c1. The smallest absolute Gasteiger partial charge is 0.133 e. The van der Waals surface area contributed by atoms with E-state index in [0.29, 0.717) is 24.5 Å². The van der Waals surface area contributed by atoms with E-state index in [-0.39, 0.29) is 0 Å². The minimum Gasteiger partial charge on any atom is -0.496 e. The van der Waals surface area contributed by atoms with E-state index in [9.17, 15) is 4.79 Å². The van der Waals surface area contributed by atoms with Crippen LogP contribution in [0.25, 0.3) is 0 Å². The van der Waals surface area contributed by atoms with Gasteiger partial charge in [0.05, 0.1) is 7.11 Å². The molecular formula is C19H29NO2. The molecule has 0 aromatic heterocycles. The van der Waals surface area contributed by atoms with Crippen molar-refractivity contribution >= 4 is 11.5 Å². The third-order valence-electron chi connectivity index (χ3n) is 3.75. The first kappa shape index (κ1) is 18.4. The standard InChI is InChI=1S/C19H29NO2/c1-14(2)12-17(21)8-6-7-9-18(20-4)16-10-11-19(22-5)15(3)13-16/h10-11,13-14H,6-9,12H2,1-5H3. The van der Waals surface area contributed by atoms with Gasteiger partial charge >= 0.3 is 0 Å². The number of hydrogen-bond donors (Lipinski definition) is 0. The molecule has 0 spiro atoms. The van der Waals surface area contributed by atoms with Gasteiger partial charge in [0.15, 0.2) is 0 Å². The van der Waals surface area contributed by atoms with Crippen molar-refractivity contribution in [3.05, 3.63) is 29.3 Å². The maximum absolute atomic E-state index is 11.7. The molecule has 0 atom stereocenters. The maximum atomic E-state index is 11.7. The van der Waals surface area contributed by atoms with Crippen LogP contribution >= 0.6 is 0 Å². The lowest BCUT2D eigenvalue weighted by atomic mass is 9.99. The molecule has 1 aromatic carbocycles. The fraction of sp³-hybridized carbons (Fsp3) is 0.579. The number of Topliss-reactive ketones (excluding diaryl/α,β-unsaturated/α-hetero) is 1. The second-order valence-electron chi connectivity index (χ2n) is 6.20. The van der Waals surface area contributed by atoms with E-state index in [1.54, 1.807) is 7.11 Å². The Morgan fingerprint density at radius 3 is 2.45 bits per heavy atom. The van der Waals surface area contributed by atoms with E-state index >= 15 is 0 Å². The van der Waals surface area contributed by atoms with Gasteiger partial charge < -0.3 is 4.74 Å². The first-order chi connectivity index (χ1) is 10.5. The summed E-state index contributed by atoms with van der Waals surface area (Å²) < 4.78 is 5.29. The molecule has 0 N–H and O–H groups in total. The number of carbonyl (C=O) groups is 1. The Morgan fingerprint density at radius 1 is 1.23 bits per heavy atom. The van der Waals surface area contributed by atoms with Crippen LogP contribution in [0, 0.1) is 12.8 Å². The molecule has 122 valence electrons. The van der Waals surface area contributed by atoms with E-state index in [2.05, 4.69) is 31.0 Å². The second-order valence-corrected chi connectivity index (χ2v) is 6.20. The fourth-order valence-corrected chi connectivity index (χ4v) is 2.62. The van der Waals surface area contributed by atoms with Gasteiger partial charge in [-0.15, -0.1) is 0 Å². The van der Waals surface area contributed by atoms with Gasteiger partial charge in [-0.05, 0) is 61.4 Å². The zero-order valence-electron chi connectivity index (χ0n) is 14.6. The lowest BCUT2D eigenvalue weighted by molar-refractivity contribution is -0.119. The van der Waals surface area contributed by atoms with Crippen molar-refractivity contribution in [1.82, 2.24) is 0 Å². The lowest BCUT2D eigenvalue weighted by Crippen LogP contribution is -2.05. The number of rotatable bonds is 9. The zero-order chi connectivity index (χ0) is 16.5. The summed E-state index contributed by atoms with van der Waals surface area (Å²) in [6.45, 7) is 6.22. The van der Waals surface area contributed by atoms with Crippen LogP contribution in [-0.2, 0) is 4.79 Å². The number of ether oxygens (including phenoxy) is 1. The second kappa shape index (κ2) is 9.39. The molecule has 1 aromatic rings. The Balaban J connectivity index is 2.50. The van der Waals surface area contributed by atoms with E-state index in [0.717, 1.165) is 41.9 Å². The van der Waals surface area contributed by atoms with E-state index in [4.69, 9.17) is 4.74 Å². The normalized spacial score (nSPS) is 11.8. The minimum atomic E-state index is 0.380. The number of hydrogen-bond acceptors (Lipinski definition) is 3. The predicted molar refractivity (Wildman–Crippen MR) is 93.1 cm³/mol. The summed E-state index contributed by atoms with van der Waals surface area (Å²) in [5.74, 6) is 1.74. The van der Waals surface area contributed by atoms with E-state index < -0.39 is 0 Å². The Bertz CT molecular complexity index is 518. The van der Waals surface area contributed by atoms with Crippen molar-refractivity contribution in [2.24, 2.45) is 10.9 Å². The van der Waals surface area contributed by atoms with Gasteiger partial charge in [-0.3, -0.25) is 9.79 Å². The quantitative estimate of drug-likeness (QED) is 0.494. The Morgan fingerprint density at radius 2 is 1.91 bits per heavy atom. The van der Waals surface area contributed by atoms with Crippen LogP contribution in [0.5, 0.6) is 5.75 Å². The zero-order valence-corrected chi connectivity index (χ0v) is 14.6. The summed E-state index contributed by atoms with van der Waals surface area (Å²) >= 11 is 0. The summed E-state index contributed by atoms with van der Waals surface area (Å²) in [6.07, 6.45) is 4.25. The Labute approximate surface area is 134 Å². The van der Waals surface area contributed by atoms with Crippen LogP contribution in [0.15, 0.2) is 23.2 Å². The molecule has 0 aliphatic heterocycles. The van der Waals surface area contributed by atoms with Crippen LogP contribution in [0.4, 0.5) is 0 Å². The highest BCUT2D eigenvalue weighted by Crippen LogP contribution is 2.20. The Hall–Kier alpha value is -1.64. The first-order valence-electron chi connectivity index (χ1n) is 8.10. The van der Waals surface area contributed by atoms with Crippen molar-refractivity contribution in [2.45, 2.75) is 52.9 Å². The maximum Gasteiger partial charge on any atom is 0.133 e. The first-order valence-corrected chi connectivity index (χ1v) is 8.10. The molecule has 0 aliphatic rings. The van der Waals surface area contributed by atoms with Gasteiger partial charge in [-0.1, -0.05) is 13.8 Å². The van der Waals surface area contributed by atoms with Crippen molar-refractivity contribution in [1.29, 1.82) is 0 Å². The largest absolute Gasteiger partial charge is 0.496 e. The topological polar surface area (TPSA) is 38.7 Å². The molecule has 0 saturated heterocycles. The van der Waals surface area contributed by atoms with Crippen LogP contribution in [0.3, 0.4) is 0 Å². The molecular weight excluding hydrogens is 274 g/mol. The van der Waals surface area contributed by atoms with Gasteiger partial charge in [0, 0.05) is 25.6 Å². The molecule has 0 heterocycles. The van der Waals surface area contributed by atoms with Crippen molar-refractivity contribution in [3.63, 3.8) is 0 Å². The summed E-state index contributed by atoms with van der Waals surface area (Å²) in [6, 6.07) is 6.16. The van der Waals surface area contributed by atoms with E-state index in [1.807, 2.05) is 20.0 Å². The molecule has 0 bridgehead atoms. The summed E-state index contributed by atoms with van der Waals surface area (Å²) in [5, 5.41) is 0. The van der Waals surface area contributed by atoms with Gasteiger partial charge in [-0.25, -0.2) is 0 Å². The summed E-state index contributed by atoms with van der Waals surface area (Å²) in [4.78, 5) is 16.1. The van der Waals surface area contributed by atoms with Crippen molar-refractivity contribution < 1.29 is 9.53 Å². The van der Waals surface area contributed by atoms with Crippen LogP contribution in [-0.4, -0.2) is 25.7 Å². The summed E-state index contributed by atoms with van der Waals surface area (Å²) in [5.41, 5.74) is 3.37. The molecule has 0 unspecified atom stereocenters. The highest BCUT2D eigenvalue weighted by molar-refractivity contribution is 6.00. The number of methoxy groups -OCH3 is 1. The molecule has 0 saturated carbocycles. The fourth-order valence-electron chi connectivity index (χ4n) is 2.62. The Kier molecular flexibility index (Phi) is 7.86. The molecule has 3 nitrogen and oxygen atoms in total. The number of carbonyl (C=O) groups excluding carboxylic acids is 1. The molecule has 1 rings (SSSR count). The molecule has 3 heteroatoms. The highest BCUT2D eigenvalue weighted by Gasteiger charge is 2.08. The van der Waals surface area contributed by atoms with Gasteiger partial charge in [0.2, 0.25) is 0 Å². The third kappa shape index (κ3) is 6.00. The molecule has 0 aliphatic carbocycles. The van der Waals surface area contributed by atoms with Crippen LogP contribution < -0.4 is 4.74 Å². The van der Waals surface area contributed by atoms with Gasteiger partial charge in [-0.2, -0.15) is 0 Å². The number of nitrogens with zero attached hydrogens (tertiary/aromatic N) is 1. The third-order valence-corrected chi connectivity index (χ3v) is 3.75. The summed E-state index contributed by atoms with van der Waals surface area (Å²) in [7, 11) is 3.52. The number of unbranched alkanes of at least 4 members (excludes halogenated alkanes) is 1. The average Bonchev–Trinajstić information content (AvgIpc) is 2.46. The number of ketones is 1. The molecule has 0 amide bonds. The van der Waals surface area contributed by atoms with Crippen molar-refractivity contribution in [2.75, 3.05) is 14.2 Å².